The molecular weight excluding hydrogens is 264 g/mol. The number of benzene rings is 1. The van der Waals surface area contributed by atoms with E-state index in [1.165, 1.54) is 4.90 Å². The molecule has 0 spiro atoms. The normalized spacial score (nSPS) is 18.9. The number of aromatic nitrogens is 1. The minimum absolute atomic E-state index is 0.0418. The number of rotatable bonds is 3. The number of carbonyl (C=O) groups is 2. The van der Waals surface area contributed by atoms with Crippen LogP contribution in [0.5, 0.6) is 0 Å². The third-order valence-corrected chi connectivity index (χ3v) is 3.42. The molecule has 1 saturated heterocycles. The first-order chi connectivity index (χ1) is 9.52. The SMILES string of the molecule is O=C(O)C1CC(=O)N(Cc2ccc3oc(=O)[nH]c3c2)C1. The van der Waals surface area contributed by atoms with E-state index in [2.05, 4.69) is 4.98 Å². The molecule has 1 fully saturated rings. The molecule has 7 heteroatoms. The van der Waals surface area contributed by atoms with Crippen LogP contribution in [0.1, 0.15) is 12.0 Å². The molecule has 0 radical (unpaired) electrons. The van der Waals surface area contributed by atoms with Crippen LogP contribution in [0.4, 0.5) is 0 Å². The molecule has 104 valence electrons. The van der Waals surface area contributed by atoms with Crippen molar-refractivity contribution in [2.24, 2.45) is 5.92 Å². The van der Waals surface area contributed by atoms with Crippen molar-refractivity contribution < 1.29 is 19.1 Å². The van der Waals surface area contributed by atoms with Gasteiger partial charge in [0.15, 0.2) is 5.58 Å². The highest BCUT2D eigenvalue weighted by Gasteiger charge is 2.34. The number of oxazole rings is 1. The van der Waals surface area contributed by atoms with Crippen LogP contribution in [0.3, 0.4) is 0 Å². The number of aromatic amines is 1. The molecule has 1 aromatic heterocycles. The molecule has 0 bridgehead atoms. The highest BCUT2D eigenvalue weighted by Crippen LogP contribution is 2.21. The summed E-state index contributed by atoms with van der Waals surface area (Å²) < 4.78 is 4.89. The minimum atomic E-state index is -0.949. The van der Waals surface area contributed by atoms with E-state index in [9.17, 15) is 14.4 Å². The Kier molecular flexibility index (Phi) is 2.81. The van der Waals surface area contributed by atoms with Crippen molar-refractivity contribution in [2.75, 3.05) is 6.54 Å². The Labute approximate surface area is 112 Å². The van der Waals surface area contributed by atoms with Crippen LogP contribution < -0.4 is 5.76 Å². The second kappa shape index (κ2) is 4.52. The number of carboxylic acid groups (broad SMARTS) is 1. The van der Waals surface area contributed by atoms with Crippen LogP contribution in [-0.2, 0) is 16.1 Å². The van der Waals surface area contributed by atoms with Crippen LogP contribution in [-0.4, -0.2) is 33.4 Å². The average Bonchev–Trinajstić information content (AvgIpc) is 2.92. The summed E-state index contributed by atoms with van der Waals surface area (Å²) in [7, 11) is 0. The summed E-state index contributed by atoms with van der Waals surface area (Å²) in [5.74, 6) is -2.28. The summed E-state index contributed by atoms with van der Waals surface area (Å²) in [5, 5.41) is 8.93. The van der Waals surface area contributed by atoms with Crippen LogP contribution in [0.15, 0.2) is 27.4 Å². The number of H-pyrrole nitrogens is 1. The standard InChI is InChI=1S/C13H12N2O5/c16-11-4-8(12(17)18)6-15(11)5-7-1-2-10-9(3-7)14-13(19)20-10/h1-3,8H,4-6H2,(H,14,19)(H,17,18). The topological polar surface area (TPSA) is 104 Å². The molecule has 2 N–H and O–H groups in total. The van der Waals surface area contributed by atoms with Crippen molar-refractivity contribution in [2.45, 2.75) is 13.0 Å². The molecule has 1 aliphatic rings. The Hall–Kier alpha value is -2.57. The number of amides is 1. The Balaban J connectivity index is 1.81. The zero-order chi connectivity index (χ0) is 14.3. The summed E-state index contributed by atoms with van der Waals surface area (Å²) in [6, 6.07) is 5.12. The highest BCUT2D eigenvalue weighted by molar-refractivity contribution is 5.86. The molecule has 2 heterocycles. The van der Waals surface area contributed by atoms with E-state index < -0.39 is 17.6 Å². The predicted molar refractivity (Wildman–Crippen MR) is 68.0 cm³/mol. The van der Waals surface area contributed by atoms with Gasteiger partial charge in [-0.3, -0.25) is 14.6 Å². The van der Waals surface area contributed by atoms with Gasteiger partial charge in [-0.15, -0.1) is 0 Å². The first-order valence-corrected chi connectivity index (χ1v) is 6.15. The quantitative estimate of drug-likeness (QED) is 0.852. The van der Waals surface area contributed by atoms with E-state index in [1.54, 1.807) is 18.2 Å². The fourth-order valence-corrected chi connectivity index (χ4v) is 2.41. The number of fused-ring (bicyclic) bond motifs is 1. The first-order valence-electron chi connectivity index (χ1n) is 6.15. The molecule has 1 aliphatic heterocycles. The summed E-state index contributed by atoms with van der Waals surface area (Å²) in [4.78, 5) is 37.8. The van der Waals surface area contributed by atoms with Gasteiger partial charge in [-0.05, 0) is 17.7 Å². The zero-order valence-corrected chi connectivity index (χ0v) is 10.5. The molecular formula is C13H12N2O5. The summed E-state index contributed by atoms with van der Waals surface area (Å²) in [6.07, 6.45) is 0.0418. The molecule has 2 aromatic rings. The number of carbonyl (C=O) groups excluding carboxylic acids is 1. The van der Waals surface area contributed by atoms with E-state index in [0.717, 1.165) is 5.56 Å². The van der Waals surface area contributed by atoms with Gasteiger partial charge in [-0.25, -0.2) is 4.79 Å². The lowest BCUT2D eigenvalue weighted by atomic mass is 10.1. The van der Waals surface area contributed by atoms with E-state index in [1.807, 2.05) is 0 Å². The largest absolute Gasteiger partial charge is 0.481 e. The fraction of sp³-hybridized carbons (Fsp3) is 0.308. The molecule has 1 atom stereocenters. The number of aliphatic carboxylic acids is 1. The lowest BCUT2D eigenvalue weighted by molar-refractivity contribution is -0.141. The van der Waals surface area contributed by atoms with Crippen molar-refractivity contribution in [1.82, 2.24) is 9.88 Å². The Bertz CT molecular complexity index is 745. The van der Waals surface area contributed by atoms with Gasteiger partial charge in [0.25, 0.3) is 0 Å². The third kappa shape index (κ3) is 2.18. The third-order valence-electron chi connectivity index (χ3n) is 3.42. The summed E-state index contributed by atoms with van der Waals surface area (Å²) in [6.45, 7) is 0.542. The van der Waals surface area contributed by atoms with Crippen molar-refractivity contribution in [3.8, 4) is 0 Å². The Morgan fingerprint density at radius 1 is 1.45 bits per heavy atom. The summed E-state index contributed by atoms with van der Waals surface area (Å²) >= 11 is 0. The molecule has 20 heavy (non-hydrogen) atoms. The predicted octanol–water partition coefficient (Wildman–Crippen LogP) is 0.554. The Morgan fingerprint density at radius 3 is 2.95 bits per heavy atom. The van der Waals surface area contributed by atoms with E-state index in [0.29, 0.717) is 17.6 Å². The number of hydrogen-bond acceptors (Lipinski definition) is 4. The molecule has 1 amide bonds. The number of carboxylic acids is 1. The minimum Gasteiger partial charge on any atom is -0.481 e. The number of nitrogens with zero attached hydrogens (tertiary/aromatic N) is 1. The fourth-order valence-electron chi connectivity index (χ4n) is 2.41. The lowest BCUT2D eigenvalue weighted by Crippen LogP contribution is -2.25. The molecule has 1 aromatic carbocycles. The summed E-state index contributed by atoms with van der Waals surface area (Å²) in [5.41, 5.74) is 1.83. The monoisotopic (exact) mass is 276 g/mol. The van der Waals surface area contributed by atoms with Gasteiger partial charge >= 0.3 is 11.7 Å². The average molecular weight is 276 g/mol. The van der Waals surface area contributed by atoms with Gasteiger partial charge in [0.1, 0.15) is 0 Å². The van der Waals surface area contributed by atoms with E-state index >= 15 is 0 Å². The van der Waals surface area contributed by atoms with E-state index in [-0.39, 0.29) is 18.9 Å². The van der Waals surface area contributed by atoms with Crippen molar-refractivity contribution >= 4 is 23.0 Å². The zero-order valence-electron chi connectivity index (χ0n) is 10.5. The number of nitrogens with one attached hydrogen (secondary N) is 1. The van der Waals surface area contributed by atoms with Gasteiger partial charge < -0.3 is 14.4 Å². The van der Waals surface area contributed by atoms with Gasteiger partial charge in [0.2, 0.25) is 5.91 Å². The molecule has 7 nitrogen and oxygen atoms in total. The molecule has 0 aliphatic carbocycles. The maximum absolute atomic E-state index is 11.7. The van der Waals surface area contributed by atoms with E-state index in [4.69, 9.17) is 9.52 Å². The number of likely N-dealkylation sites (tertiary alicyclic amines) is 1. The first kappa shape index (κ1) is 12.5. The van der Waals surface area contributed by atoms with Crippen LogP contribution in [0.25, 0.3) is 11.1 Å². The Morgan fingerprint density at radius 2 is 2.25 bits per heavy atom. The molecule has 3 rings (SSSR count). The van der Waals surface area contributed by atoms with Crippen LogP contribution in [0, 0.1) is 5.92 Å². The second-order valence-corrected chi connectivity index (χ2v) is 4.86. The molecule has 1 unspecified atom stereocenters. The van der Waals surface area contributed by atoms with Crippen molar-refractivity contribution in [3.63, 3.8) is 0 Å². The van der Waals surface area contributed by atoms with Crippen LogP contribution >= 0.6 is 0 Å². The van der Waals surface area contributed by atoms with Crippen molar-refractivity contribution in [1.29, 1.82) is 0 Å². The maximum Gasteiger partial charge on any atom is 0.417 e. The van der Waals surface area contributed by atoms with Gasteiger partial charge in [0, 0.05) is 19.5 Å². The smallest absolute Gasteiger partial charge is 0.417 e. The van der Waals surface area contributed by atoms with Gasteiger partial charge in [-0.2, -0.15) is 0 Å². The maximum atomic E-state index is 11.7. The van der Waals surface area contributed by atoms with Crippen LogP contribution in [0.2, 0.25) is 0 Å². The number of hydrogen-bond donors (Lipinski definition) is 2. The highest BCUT2D eigenvalue weighted by atomic mass is 16.4. The molecule has 0 saturated carbocycles. The second-order valence-electron chi connectivity index (χ2n) is 4.86. The van der Waals surface area contributed by atoms with Gasteiger partial charge in [0.05, 0.1) is 11.4 Å². The van der Waals surface area contributed by atoms with Gasteiger partial charge in [-0.1, -0.05) is 6.07 Å². The lowest BCUT2D eigenvalue weighted by Gasteiger charge is -2.15. The van der Waals surface area contributed by atoms with Crippen molar-refractivity contribution in [3.05, 3.63) is 34.3 Å².